The zero-order valence-corrected chi connectivity index (χ0v) is 11.4. The third-order valence-electron chi connectivity index (χ3n) is 3.54. The molecule has 0 aromatic heterocycles. The van der Waals surface area contributed by atoms with Gasteiger partial charge in [0.15, 0.2) is 11.5 Å². The molecule has 1 fully saturated rings. The van der Waals surface area contributed by atoms with Crippen LogP contribution in [0.25, 0.3) is 0 Å². The highest BCUT2D eigenvalue weighted by Crippen LogP contribution is 2.37. The van der Waals surface area contributed by atoms with E-state index in [1.807, 2.05) is 6.07 Å². The average Bonchev–Trinajstić information content (AvgIpc) is 2.85. The molecule has 0 atom stereocenters. The topological polar surface area (TPSA) is 67.8 Å². The minimum Gasteiger partial charge on any atom is -0.507 e. The van der Waals surface area contributed by atoms with Crippen LogP contribution in [0.2, 0.25) is 0 Å². The van der Waals surface area contributed by atoms with Crippen molar-refractivity contribution in [3.05, 3.63) is 17.7 Å². The largest absolute Gasteiger partial charge is 0.507 e. The molecule has 6 heteroatoms. The maximum atomic E-state index is 11.3. The van der Waals surface area contributed by atoms with Crippen LogP contribution in [0.15, 0.2) is 12.1 Å². The molecule has 0 spiro atoms. The van der Waals surface area contributed by atoms with Gasteiger partial charge in [-0.05, 0) is 18.9 Å². The van der Waals surface area contributed by atoms with Gasteiger partial charge in [0.1, 0.15) is 5.75 Å². The van der Waals surface area contributed by atoms with E-state index in [9.17, 15) is 9.32 Å². The molecule has 1 aromatic rings. The number of benzene rings is 1. The monoisotopic (exact) mass is 283 g/mol. The van der Waals surface area contributed by atoms with E-state index in [0.717, 1.165) is 29.9 Å². The first-order chi connectivity index (χ1) is 9.22. The third-order valence-corrected chi connectivity index (χ3v) is 4.93. The molecule has 5 nitrogen and oxygen atoms in total. The van der Waals surface area contributed by atoms with Crippen molar-refractivity contribution in [3.63, 3.8) is 0 Å². The smallest absolute Gasteiger partial charge is 0.231 e. The number of hydrogen-bond acceptors (Lipinski definition) is 5. The Morgan fingerprint density at radius 3 is 2.68 bits per heavy atom. The lowest BCUT2D eigenvalue weighted by Gasteiger charge is -2.22. The molecule has 3 rings (SSSR count). The molecular weight excluding hydrogens is 266 g/mol. The van der Waals surface area contributed by atoms with E-state index in [1.54, 1.807) is 6.07 Å². The SMILES string of the molecule is O=S1CCC(NCc2cc3c(cc2O)OCO3)CC1. The minimum atomic E-state index is -0.639. The van der Waals surface area contributed by atoms with Crippen LogP contribution in [-0.2, 0) is 17.3 Å². The Labute approximate surface area is 114 Å². The number of nitrogens with one attached hydrogen (secondary N) is 1. The van der Waals surface area contributed by atoms with Crippen molar-refractivity contribution >= 4 is 10.8 Å². The van der Waals surface area contributed by atoms with Crippen molar-refractivity contribution in [1.82, 2.24) is 5.32 Å². The van der Waals surface area contributed by atoms with Gasteiger partial charge in [-0.1, -0.05) is 0 Å². The van der Waals surface area contributed by atoms with Gasteiger partial charge in [0.25, 0.3) is 0 Å². The Kier molecular flexibility index (Phi) is 3.61. The highest BCUT2D eigenvalue weighted by Gasteiger charge is 2.20. The van der Waals surface area contributed by atoms with Gasteiger partial charge in [-0.15, -0.1) is 0 Å². The molecule has 1 saturated heterocycles. The van der Waals surface area contributed by atoms with Crippen LogP contribution in [0, 0.1) is 0 Å². The van der Waals surface area contributed by atoms with E-state index < -0.39 is 10.8 Å². The second kappa shape index (κ2) is 5.38. The molecule has 1 aromatic carbocycles. The zero-order chi connectivity index (χ0) is 13.2. The number of phenolic OH excluding ortho intramolecular Hbond substituents is 1. The van der Waals surface area contributed by atoms with Crippen molar-refractivity contribution in [2.24, 2.45) is 0 Å². The quantitative estimate of drug-likeness (QED) is 0.870. The van der Waals surface area contributed by atoms with Crippen LogP contribution in [0.4, 0.5) is 0 Å². The highest BCUT2D eigenvalue weighted by atomic mass is 32.2. The Balaban J connectivity index is 1.62. The van der Waals surface area contributed by atoms with Crippen LogP contribution >= 0.6 is 0 Å². The van der Waals surface area contributed by atoms with Crippen LogP contribution in [0.5, 0.6) is 17.2 Å². The molecule has 0 unspecified atom stereocenters. The summed E-state index contributed by atoms with van der Waals surface area (Å²) in [6, 6.07) is 3.78. The van der Waals surface area contributed by atoms with Gasteiger partial charge in [0, 0.05) is 46.5 Å². The fraction of sp³-hybridized carbons (Fsp3) is 0.538. The summed E-state index contributed by atoms with van der Waals surface area (Å²) in [5.41, 5.74) is 0.802. The summed E-state index contributed by atoms with van der Waals surface area (Å²) >= 11 is 0. The summed E-state index contributed by atoms with van der Waals surface area (Å²) in [5.74, 6) is 3.03. The van der Waals surface area contributed by atoms with E-state index in [4.69, 9.17) is 9.47 Å². The van der Waals surface area contributed by atoms with E-state index >= 15 is 0 Å². The molecule has 0 saturated carbocycles. The normalized spacial score (nSPS) is 25.5. The summed E-state index contributed by atoms with van der Waals surface area (Å²) in [5, 5.41) is 13.3. The third kappa shape index (κ3) is 2.84. The molecule has 2 heterocycles. The number of rotatable bonds is 3. The first-order valence-electron chi connectivity index (χ1n) is 6.42. The Morgan fingerprint density at radius 2 is 1.95 bits per heavy atom. The van der Waals surface area contributed by atoms with E-state index in [1.165, 1.54) is 0 Å². The minimum absolute atomic E-state index is 0.208. The fourth-order valence-electron chi connectivity index (χ4n) is 2.37. The first kappa shape index (κ1) is 12.7. The Bertz CT molecular complexity index is 496. The number of hydrogen-bond donors (Lipinski definition) is 2. The number of phenols is 1. The maximum Gasteiger partial charge on any atom is 0.231 e. The lowest BCUT2D eigenvalue weighted by atomic mass is 10.1. The second-order valence-corrected chi connectivity index (χ2v) is 6.53. The van der Waals surface area contributed by atoms with Crippen molar-refractivity contribution in [2.45, 2.75) is 25.4 Å². The fourth-order valence-corrected chi connectivity index (χ4v) is 3.67. The summed E-state index contributed by atoms with van der Waals surface area (Å²) in [6.07, 6.45) is 1.86. The number of fused-ring (bicyclic) bond motifs is 1. The van der Waals surface area contributed by atoms with Gasteiger partial charge in [-0.2, -0.15) is 0 Å². The van der Waals surface area contributed by atoms with Crippen LogP contribution in [0.3, 0.4) is 0 Å². The molecule has 19 heavy (non-hydrogen) atoms. The van der Waals surface area contributed by atoms with E-state index in [-0.39, 0.29) is 12.5 Å². The molecule has 0 radical (unpaired) electrons. The summed E-state index contributed by atoms with van der Waals surface area (Å²) in [6.45, 7) is 0.792. The standard InChI is InChI=1S/C13H17NO4S/c15-11-6-13-12(17-8-18-13)5-9(11)7-14-10-1-3-19(16)4-2-10/h5-6,10,14-15H,1-4,7-8H2. The average molecular weight is 283 g/mol. The van der Waals surface area contributed by atoms with Crippen LogP contribution in [0.1, 0.15) is 18.4 Å². The second-order valence-electron chi connectivity index (χ2n) is 4.84. The molecule has 104 valence electrons. The van der Waals surface area contributed by atoms with Gasteiger partial charge in [-0.3, -0.25) is 4.21 Å². The molecular formula is C13H17NO4S. The lowest BCUT2D eigenvalue weighted by molar-refractivity contribution is 0.174. The van der Waals surface area contributed by atoms with Crippen molar-refractivity contribution in [1.29, 1.82) is 0 Å². The number of ether oxygens (including phenoxy) is 2. The zero-order valence-electron chi connectivity index (χ0n) is 10.6. The highest BCUT2D eigenvalue weighted by molar-refractivity contribution is 7.85. The Hall–Kier alpha value is -1.27. The maximum absolute atomic E-state index is 11.3. The first-order valence-corrected chi connectivity index (χ1v) is 7.91. The predicted molar refractivity (Wildman–Crippen MR) is 72.0 cm³/mol. The molecule has 2 aliphatic heterocycles. The Morgan fingerprint density at radius 1 is 1.26 bits per heavy atom. The van der Waals surface area contributed by atoms with Crippen molar-refractivity contribution in [2.75, 3.05) is 18.3 Å². The van der Waals surface area contributed by atoms with Crippen molar-refractivity contribution in [3.8, 4) is 17.2 Å². The predicted octanol–water partition coefficient (Wildman–Crippen LogP) is 1.12. The van der Waals surface area contributed by atoms with Gasteiger partial charge < -0.3 is 19.9 Å². The molecule has 2 N–H and O–H groups in total. The molecule has 2 aliphatic rings. The lowest BCUT2D eigenvalue weighted by Crippen LogP contribution is -2.35. The van der Waals surface area contributed by atoms with Crippen molar-refractivity contribution < 1.29 is 18.8 Å². The molecule has 0 aliphatic carbocycles. The van der Waals surface area contributed by atoms with Gasteiger partial charge in [0.05, 0.1) is 0 Å². The van der Waals surface area contributed by atoms with Gasteiger partial charge in [-0.25, -0.2) is 0 Å². The number of aromatic hydroxyl groups is 1. The summed E-state index contributed by atoms with van der Waals surface area (Å²) in [7, 11) is -0.639. The van der Waals surface area contributed by atoms with E-state index in [0.29, 0.717) is 24.1 Å². The summed E-state index contributed by atoms with van der Waals surface area (Å²) < 4.78 is 21.8. The molecule has 0 amide bonds. The van der Waals surface area contributed by atoms with Gasteiger partial charge in [0.2, 0.25) is 6.79 Å². The summed E-state index contributed by atoms with van der Waals surface area (Å²) in [4.78, 5) is 0. The van der Waals surface area contributed by atoms with E-state index in [2.05, 4.69) is 5.32 Å². The molecule has 0 bridgehead atoms. The van der Waals surface area contributed by atoms with Crippen LogP contribution in [-0.4, -0.2) is 33.7 Å². The van der Waals surface area contributed by atoms with Gasteiger partial charge >= 0.3 is 0 Å². The van der Waals surface area contributed by atoms with Crippen LogP contribution < -0.4 is 14.8 Å².